The normalized spacial score (nSPS) is 14.1. The van der Waals surface area contributed by atoms with Crippen LogP contribution in [0.2, 0.25) is 0 Å². The summed E-state index contributed by atoms with van der Waals surface area (Å²) in [5.74, 6) is 1.39. The third kappa shape index (κ3) is 4.32. The predicted molar refractivity (Wildman–Crippen MR) is 121 cm³/mol. The van der Waals surface area contributed by atoms with Crippen molar-refractivity contribution in [3.63, 3.8) is 0 Å². The summed E-state index contributed by atoms with van der Waals surface area (Å²) in [5, 5.41) is 0.868. The summed E-state index contributed by atoms with van der Waals surface area (Å²) in [4.78, 5) is 28.3. The summed E-state index contributed by atoms with van der Waals surface area (Å²) in [6, 6.07) is 9.95. The molecule has 1 fully saturated rings. The first-order valence-corrected chi connectivity index (χ1v) is 11.3. The number of aromatic nitrogens is 2. The second-order valence-electron chi connectivity index (χ2n) is 7.94. The Balaban J connectivity index is 1.74. The van der Waals surface area contributed by atoms with E-state index >= 15 is 0 Å². The van der Waals surface area contributed by atoms with Crippen LogP contribution in [0.4, 0.5) is 0 Å². The molecule has 0 saturated carbocycles. The van der Waals surface area contributed by atoms with Crippen molar-refractivity contribution < 1.29 is 9.53 Å². The Kier molecular flexibility index (Phi) is 6.29. The summed E-state index contributed by atoms with van der Waals surface area (Å²) in [6.07, 6.45) is 3.02. The summed E-state index contributed by atoms with van der Waals surface area (Å²) in [5.41, 5.74) is 1.81. The monoisotopic (exact) mass is 424 g/mol. The van der Waals surface area contributed by atoms with Crippen molar-refractivity contribution in [1.82, 2.24) is 19.8 Å². The molecule has 0 aliphatic carbocycles. The van der Waals surface area contributed by atoms with Crippen molar-refractivity contribution >= 4 is 27.5 Å². The highest BCUT2D eigenvalue weighted by Crippen LogP contribution is 2.40. The Bertz CT molecular complexity index is 1030. The molecular formula is C23H28N4O2S. The van der Waals surface area contributed by atoms with Gasteiger partial charge in [0.25, 0.3) is 5.91 Å². The van der Waals surface area contributed by atoms with Crippen LogP contribution in [0.15, 0.2) is 30.3 Å². The first-order valence-electron chi connectivity index (χ1n) is 10.5. The van der Waals surface area contributed by atoms with Gasteiger partial charge in [0.15, 0.2) is 11.6 Å². The van der Waals surface area contributed by atoms with E-state index in [0.29, 0.717) is 23.1 Å². The highest BCUT2D eigenvalue weighted by Gasteiger charge is 2.28. The van der Waals surface area contributed by atoms with E-state index in [4.69, 9.17) is 14.7 Å². The molecule has 7 heteroatoms. The lowest BCUT2D eigenvalue weighted by Gasteiger charge is -2.16. The maximum Gasteiger partial charge on any atom is 0.267 e. The van der Waals surface area contributed by atoms with E-state index in [-0.39, 0.29) is 5.91 Å². The maximum atomic E-state index is 13.2. The van der Waals surface area contributed by atoms with E-state index in [9.17, 15) is 4.79 Å². The van der Waals surface area contributed by atoms with Gasteiger partial charge < -0.3 is 14.5 Å². The lowest BCUT2D eigenvalue weighted by Crippen LogP contribution is -2.27. The Morgan fingerprint density at radius 2 is 1.90 bits per heavy atom. The van der Waals surface area contributed by atoms with Gasteiger partial charge in [-0.15, -0.1) is 11.3 Å². The van der Waals surface area contributed by atoms with Gasteiger partial charge in [0.2, 0.25) is 0 Å². The summed E-state index contributed by atoms with van der Waals surface area (Å²) >= 11 is 1.43. The molecule has 0 unspecified atom stereocenters. The van der Waals surface area contributed by atoms with Gasteiger partial charge >= 0.3 is 0 Å². The van der Waals surface area contributed by atoms with Crippen molar-refractivity contribution in [3.8, 4) is 17.1 Å². The van der Waals surface area contributed by atoms with Gasteiger partial charge in [-0.3, -0.25) is 4.79 Å². The number of ether oxygens (including phenoxy) is 1. The van der Waals surface area contributed by atoms with Gasteiger partial charge in [0.1, 0.15) is 9.71 Å². The highest BCUT2D eigenvalue weighted by atomic mass is 32.1. The van der Waals surface area contributed by atoms with Crippen molar-refractivity contribution in [3.05, 3.63) is 40.9 Å². The predicted octanol–water partition coefficient (Wildman–Crippen LogP) is 4.23. The van der Waals surface area contributed by atoms with Gasteiger partial charge in [-0.2, -0.15) is 0 Å². The van der Waals surface area contributed by atoms with Gasteiger partial charge in [-0.25, -0.2) is 9.97 Å². The second kappa shape index (κ2) is 9.10. The van der Waals surface area contributed by atoms with Gasteiger partial charge in [0, 0.05) is 25.2 Å². The van der Waals surface area contributed by atoms with Crippen LogP contribution in [0.3, 0.4) is 0 Å². The molecule has 30 heavy (non-hydrogen) atoms. The van der Waals surface area contributed by atoms with E-state index < -0.39 is 0 Å². The molecule has 1 aliphatic heterocycles. The highest BCUT2D eigenvalue weighted by molar-refractivity contribution is 7.21. The molecule has 4 rings (SSSR count). The summed E-state index contributed by atoms with van der Waals surface area (Å²) in [6.45, 7) is 5.09. The Morgan fingerprint density at radius 3 is 2.60 bits per heavy atom. The minimum absolute atomic E-state index is 0.0544. The standard InChI is InChI=1S/C23H28N4O2S/c1-16-18-19(29-15-9-12-26(2)3)20(23(28)27-13-7-8-14-27)30-22(18)25-21(24-16)17-10-5-4-6-11-17/h4-6,10-11H,7-9,12-15H2,1-3H3. The first-order chi connectivity index (χ1) is 14.5. The number of benzene rings is 1. The number of rotatable bonds is 7. The van der Waals surface area contributed by atoms with Crippen molar-refractivity contribution in [2.75, 3.05) is 40.3 Å². The minimum Gasteiger partial charge on any atom is -0.491 e. The van der Waals surface area contributed by atoms with Crippen LogP contribution in [0.1, 0.15) is 34.6 Å². The Labute approximate surface area is 181 Å². The number of amides is 1. The number of likely N-dealkylation sites (tertiary alicyclic amines) is 1. The molecule has 0 bridgehead atoms. The zero-order valence-corrected chi connectivity index (χ0v) is 18.7. The van der Waals surface area contributed by atoms with Crippen LogP contribution in [-0.2, 0) is 0 Å². The summed E-state index contributed by atoms with van der Waals surface area (Å²) in [7, 11) is 4.09. The molecule has 0 spiro atoms. The zero-order chi connectivity index (χ0) is 21.1. The van der Waals surface area contributed by atoms with E-state index in [1.165, 1.54) is 11.3 Å². The quantitative estimate of drug-likeness (QED) is 0.531. The van der Waals surface area contributed by atoms with Crippen LogP contribution in [0.5, 0.6) is 5.75 Å². The lowest BCUT2D eigenvalue weighted by atomic mass is 10.2. The Morgan fingerprint density at radius 1 is 1.17 bits per heavy atom. The minimum atomic E-state index is 0.0544. The third-order valence-corrected chi connectivity index (χ3v) is 6.36. The fourth-order valence-electron chi connectivity index (χ4n) is 3.75. The SMILES string of the molecule is Cc1nc(-c2ccccc2)nc2sc(C(=O)N3CCCC3)c(OCCCN(C)C)c12. The number of hydrogen-bond donors (Lipinski definition) is 0. The molecule has 3 aromatic rings. The van der Waals surface area contributed by atoms with Crippen LogP contribution in [0.25, 0.3) is 21.6 Å². The smallest absolute Gasteiger partial charge is 0.267 e. The van der Waals surface area contributed by atoms with Gasteiger partial charge in [-0.05, 0) is 40.3 Å². The molecule has 6 nitrogen and oxygen atoms in total. The van der Waals surface area contributed by atoms with Crippen LogP contribution >= 0.6 is 11.3 Å². The second-order valence-corrected chi connectivity index (χ2v) is 8.94. The number of hydrogen-bond acceptors (Lipinski definition) is 6. The molecule has 1 aliphatic rings. The topological polar surface area (TPSA) is 58.6 Å². The molecule has 0 radical (unpaired) electrons. The first kappa shape index (κ1) is 20.8. The molecule has 0 N–H and O–H groups in total. The van der Waals surface area contributed by atoms with E-state index in [1.807, 2.05) is 56.3 Å². The number of carbonyl (C=O) groups excluding carboxylic acids is 1. The number of fused-ring (bicyclic) bond motifs is 1. The molecular weight excluding hydrogens is 396 g/mol. The molecule has 1 saturated heterocycles. The molecule has 1 amide bonds. The van der Waals surface area contributed by atoms with E-state index in [0.717, 1.165) is 60.4 Å². The number of nitrogens with zero attached hydrogens (tertiary/aromatic N) is 4. The van der Waals surface area contributed by atoms with E-state index in [2.05, 4.69) is 4.90 Å². The fraction of sp³-hybridized carbons (Fsp3) is 0.435. The van der Waals surface area contributed by atoms with Gasteiger partial charge in [0.05, 0.1) is 17.7 Å². The molecule has 158 valence electrons. The van der Waals surface area contributed by atoms with Crippen molar-refractivity contribution in [2.45, 2.75) is 26.2 Å². The van der Waals surface area contributed by atoms with Crippen LogP contribution in [-0.4, -0.2) is 66.0 Å². The average Bonchev–Trinajstić information content (AvgIpc) is 3.40. The third-order valence-electron chi connectivity index (χ3n) is 5.30. The number of carbonyl (C=O) groups is 1. The molecule has 1 aromatic carbocycles. The Hall–Kier alpha value is -2.51. The zero-order valence-electron chi connectivity index (χ0n) is 17.9. The maximum absolute atomic E-state index is 13.2. The largest absolute Gasteiger partial charge is 0.491 e. The average molecular weight is 425 g/mol. The van der Waals surface area contributed by atoms with Crippen LogP contribution in [0, 0.1) is 6.92 Å². The fourth-order valence-corrected chi connectivity index (χ4v) is 4.89. The molecule has 3 heterocycles. The van der Waals surface area contributed by atoms with Crippen molar-refractivity contribution in [1.29, 1.82) is 0 Å². The summed E-state index contributed by atoms with van der Waals surface area (Å²) < 4.78 is 6.20. The van der Waals surface area contributed by atoms with Gasteiger partial charge in [-0.1, -0.05) is 30.3 Å². The number of aryl methyl sites for hydroxylation is 1. The van der Waals surface area contributed by atoms with Crippen LogP contribution < -0.4 is 4.74 Å². The number of thiophene rings is 1. The molecule has 2 aromatic heterocycles. The lowest BCUT2D eigenvalue weighted by molar-refractivity contribution is 0.0793. The van der Waals surface area contributed by atoms with Crippen molar-refractivity contribution in [2.24, 2.45) is 0 Å². The molecule has 0 atom stereocenters. The van der Waals surface area contributed by atoms with E-state index in [1.54, 1.807) is 0 Å².